The van der Waals surface area contributed by atoms with Gasteiger partial charge in [0.05, 0.1) is 19.1 Å². The molecule has 0 unspecified atom stereocenters. The molecule has 0 spiro atoms. The van der Waals surface area contributed by atoms with Crippen molar-refractivity contribution < 1.29 is 87.5 Å². The lowest BCUT2D eigenvalue weighted by Crippen LogP contribution is -2.61. The molecule has 0 aliphatic rings. The molecular formula is C42H70N12O18. The molecule has 30 nitrogen and oxygen atoms in total. The van der Waals surface area contributed by atoms with Gasteiger partial charge in [0.15, 0.2) is 0 Å². The molecular weight excluding hydrogens is 961 g/mol. The highest BCUT2D eigenvalue weighted by Crippen LogP contribution is 2.11. The summed E-state index contributed by atoms with van der Waals surface area (Å²) < 4.78 is 0. The third kappa shape index (κ3) is 24.9. The Morgan fingerprint density at radius 3 is 1.33 bits per heavy atom. The summed E-state index contributed by atoms with van der Waals surface area (Å²) in [6.07, 6.45) is -3.76. The monoisotopic (exact) mass is 1030 g/mol. The second kappa shape index (κ2) is 33.2. The zero-order valence-electron chi connectivity index (χ0n) is 40.6. The summed E-state index contributed by atoms with van der Waals surface area (Å²) in [5.74, 6) is -15.4. The minimum atomic E-state index is -1.87. The van der Waals surface area contributed by atoms with Crippen molar-refractivity contribution >= 4 is 82.9 Å². The number of carbonyl (C=O) groups excluding carboxylic acids is 11. The number of aliphatic hydroxyl groups excluding tert-OH is 1. The van der Waals surface area contributed by atoms with Gasteiger partial charge in [0.2, 0.25) is 65.0 Å². The van der Waals surface area contributed by atoms with E-state index in [0.717, 1.165) is 7.05 Å². The van der Waals surface area contributed by atoms with Gasteiger partial charge in [-0.15, -0.1) is 0 Å². The fourth-order valence-electron chi connectivity index (χ4n) is 6.56. The van der Waals surface area contributed by atoms with E-state index in [9.17, 15) is 77.3 Å². The maximum atomic E-state index is 13.7. The molecule has 0 rings (SSSR count). The summed E-state index contributed by atoms with van der Waals surface area (Å²) in [5.41, 5.74) is 21.6. The minimum Gasteiger partial charge on any atom is -0.481 e. The van der Waals surface area contributed by atoms with Crippen LogP contribution in [0, 0.1) is 0 Å². The van der Waals surface area contributed by atoms with Gasteiger partial charge in [0.25, 0.3) is 0 Å². The Kier molecular flexibility index (Phi) is 29.7. The lowest BCUT2D eigenvalue weighted by atomic mass is 10.0. The molecule has 19 N–H and O–H groups in total. The molecule has 0 saturated heterocycles. The number of amides is 11. The highest BCUT2D eigenvalue weighted by molar-refractivity contribution is 5.99. The topological polar surface area (TPSA) is 511 Å². The third-order valence-corrected chi connectivity index (χ3v) is 10.7. The van der Waals surface area contributed by atoms with Crippen molar-refractivity contribution in [3.8, 4) is 0 Å². The van der Waals surface area contributed by atoms with E-state index in [0.29, 0.717) is 11.3 Å². The van der Waals surface area contributed by atoms with Gasteiger partial charge in [-0.1, -0.05) is 33.1 Å². The van der Waals surface area contributed by atoms with E-state index in [1.165, 1.54) is 6.92 Å². The quantitative estimate of drug-likeness (QED) is 0.0275. The first-order chi connectivity index (χ1) is 33.6. The van der Waals surface area contributed by atoms with Gasteiger partial charge in [0, 0.05) is 32.7 Å². The van der Waals surface area contributed by atoms with E-state index in [2.05, 4.69) is 37.2 Å². The van der Waals surface area contributed by atoms with Gasteiger partial charge in [-0.05, 0) is 45.4 Å². The Hall–Kier alpha value is -7.50. The van der Waals surface area contributed by atoms with Crippen molar-refractivity contribution in [2.75, 3.05) is 13.7 Å². The summed E-state index contributed by atoms with van der Waals surface area (Å²) in [4.78, 5) is 177. The zero-order chi connectivity index (χ0) is 55.4. The molecule has 30 heteroatoms. The standard InChI is InChI=1S/C42H70N12O18/c1-5-7-9-23(38(68)53-27(19-55)41(71)52-26(18-30(45)57)42(72)54(4)28(34(46)64)13-17-33(62)63)51-40(70)25(12-16-32(60)61)48-35(65)20(3)47-37(67)22(8-6-2)50-39(69)24(11-14-29(44)56)49-36(66)21(43)10-15-31(58)59/h20-28,55H,5-19,43H2,1-4H3,(H2,44,56)(H2,45,57)(H2,46,64)(H,47,67)(H,48,65)(H,49,66)(H,50,69)(H,51,70)(H,52,71)(H,53,68)(H,58,59)(H,60,61)(H,62,63)/t20-,21-,22-,23-,24-,25-,26-,27-,28-/m0/s1. The molecule has 11 amide bonds. The predicted octanol–water partition coefficient (Wildman–Crippen LogP) is -6.24. The smallest absolute Gasteiger partial charge is 0.303 e. The number of nitrogens with zero attached hydrogens (tertiary/aromatic N) is 1. The summed E-state index contributed by atoms with van der Waals surface area (Å²) in [7, 11) is 1.05. The average molecular weight is 1030 g/mol. The summed E-state index contributed by atoms with van der Waals surface area (Å²) in [6.45, 7) is 3.44. The zero-order valence-corrected chi connectivity index (χ0v) is 40.6. The molecule has 406 valence electrons. The van der Waals surface area contributed by atoms with Crippen LogP contribution in [0.2, 0.25) is 0 Å². The number of carboxylic acids is 3. The molecule has 0 aromatic rings. The average Bonchev–Trinajstić information content (AvgIpc) is 3.29. The van der Waals surface area contributed by atoms with E-state index < -0.39 is 189 Å². The largest absolute Gasteiger partial charge is 0.481 e. The van der Waals surface area contributed by atoms with Crippen LogP contribution in [-0.4, -0.2) is 176 Å². The van der Waals surface area contributed by atoms with Crippen molar-refractivity contribution in [3.63, 3.8) is 0 Å². The molecule has 0 radical (unpaired) electrons. The first-order valence-electron chi connectivity index (χ1n) is 22.9. The van der Waals surface area contributed by atoms with Gasteiger partial charge in [-0.2, -0.15) is 0 Å². The number of hydrogen-bond donors (Lipinski definition) is 15. The number of aliphatic hydroxyl groups is 1. The predicted molar refractivity (Wildman–Crippen MR) is 247 cm³/mol. The lowest BCUT2D eigenvalue weighted by Gasteiger charge is -2.30. The third-order valence-electron chi connectivity index (χ3n) is 10.7. The van der Waals surface area contributed by atoms with Gasteiger partial charge in [-0.3, -0.25) is 67.1 Å². The number of carboxylic acid groups (broad SMARTS) is 3. The van der Waals surface area contributed by atoms with E-state index in [1.54, 1.807) is 13.8 Å². The van der Waals surface area contributed by atoms with Gasteiger partial charge >= 0.3 is 17.9 Å². The number of likely N-dealkylation sites (N-methyl/N-ethyl adjacent to an activating group) is 1. The fourth-order valence-corrected chi connectivity index (χ4v) is 6.56. The number of aliphatic carboxylic acids is 3. The first-order valence-corrected chi connectivity index (χ1v) is 22.9. The van der Waals surface area contributed by atoms with Crippen LogP contribution < -0.4 is 60.2 Å². The van der Waals surface area contributed by atoms with Gasteiger partial charge < -0.3 is 85.5 Å². The van der Waals surface area contributed by atoms with Gasteiger partial charge in [0.1, 0.15) is 48.3 Å². The Morgan fingerprint density at radius 2 is 0.875 bits per heavy atom. The Labute approximate surface area is 413 Å². The lowest BCUT2D eigenvalue weighted by molar-refractivity contribution is -0.144. The second-order valence-corrected chi connectivity index (χ2v) is 16.7. The normalized spacial score (nSPS) is 14.6. The second-order valence-electron chi connectivity index (χ2n) is 16.7. The first kappa shape index (κ1) is 64.5. The summed E-state index contributed by atoms with van der Waals surface area (Å²) >= 11 is 0. The molecule has 0 bridgehead atoms. The van der Waals surface area contributed by atoms with E-state index in [-0.39, 0.29) is 38.5 Å². The molecule has 0 aliphatic heterocycles. The number of nitrogens with two attached hydrogens (primary N) is 4. The molecule has 0 aliphatic carbocycles. The van der Waals surface area contributed by atoms with E-state index >= 15 is 0 Å². The van der Waals surface area contributed by atoms with Crippen LogP contribution in [0.5, 0.6) is 0 Å². The molecule has 0 fully saturated rings. The number of rotatable bonds is 37. The van der Waals surface area contributed by atoms with Crippen LogP contribution in [0.15, 0.2) is 0 Å². The van der Waals surface area contributed by atoms with Gasteiger partial charge in [-0.25, -0.2) is 0 Å². The van der Waals surface area contributed by atoms with Crippen LogP contribution in [0.1, 0.15) is 111 Å². The highest BCUT2D eigenvalue weighted by atomic mass is 16.4. The molecule has 0 aromatic carbocycles. The SMILES string of the molecule is CCCC[C@H](NC(=O)[C@H](CCC(=O)O)NC(=O)[C@H](C)NC(=O)[C@H](CCC)NC(=O)[C@H](CCC(N)=O)NC(=O)[C@@H](N)CCC(=O)O)C(=O)N[C@@H](CO)C(=O)N[C@@H](CC(N)=O)C(=O)N(C)[C@@H](CCC(=O)O)C(N)=O. The van der Waals surface area contributed by atoms with Crippen molar-refractivity contribution in [1.82, 2.24) is 42.1 Å². The molecule has 0 heterocycles. The van der Waals surface area contributed by atoms with Crippen LogP contribution in [0.25, 0.3) is 0 Å². The van der Waals surface area contributed by atoms with Crippen molar-refractivity contribution in [3.05, 3.63) is 0 Å². The Bertz CT molecular complexity index is 1970. The number of unbranched alkanes of at least 4 members (excludes halogenated alkanes) is 1. The Balaban J connectivity index is 6.31. The molecule has 0 saturated carbocycles. The summed E-state index contributed by atoms with van der Waals surface area (Å²) in [6, 6.07) is -14.0. The Morgan fingerprint density at radius 1 is 0.472 bits per heavy atom. The molecule has 72 heavy (non-hydrogen) atoms. The maximum absolute atomic E-state index is 13.7. The minimum absolute atomic E-state index is 0.0266. The van der Waals surface area contributed by atoms with Crippen LogP contribution in [0.3, 0.4) is 0 Å². The fraction of sp³-hybridized carbons (Fsp3) is 0.667. The number of primary amides is 3. The van der Waals surface area contributed by atoms with Crippen LogP contribution in [-0.2, 0) is 67.1 Å². The van der Waals surface area contributed by atoms with Crippen molar-refractivity contribution in [2.24, 2.45) is 22.9 Å². The number of carbonyl (C=O) groups is 14. The number of hydrogen-bond acceptors (Lipinski definition) is 16. The van der Waals surface area contributed by atoms with Crippen LogP contribution in [0.4, 0.5) is 0 Å². The van der Waals surface area contributed by atoms with Crippen molar-refractivity contribution in [1.29, 1.82) is 0 Å². The van der Waals surface area contributed by atoms with Crippen molar-refractivity contribution in [2.45, 2.75) is 165 Å². The van der Waals surface area contributed by atoms with E-state index in [1.807, 2.05) is 0 Å². The van der Waals surface area contributed by atoms with Crippen LogP contribution >= 0.6 is 0 Å². The molecule has 9 atom stereocenters. The summed E-state index contributed by atoms with van der Waals surface area (Å²) in [5, 5.41) is 53.6. The maximum Gasteiger partial charge on any atom is 0.303 e. The molecule has 0 aromatic heterocycles. The highest BCUT2D eigenvalue weighted by Gasteiger charge is 2.36. The number of nitrogens with one attached hydrogen (secondary N) is 7. The van der Waals surface area contributed by atoms with E-state index in [4.69, 9.17) is 33.1 Å².